The summed E-state index contributed by atoms with van der Waals surface area (Å²) in [5.41, 5.74) is 0. The lowest BCUT2D eigenvalue weighted by atomic mass is 9.78. The maximum absolute atomic E-state index is 12.1. The van der Waals surface area contributed by atoms with Crippen LogP contribution in [-0.4, -0.2) is 59.4 Å². The monoisotopic (exact) mass is 713 g/mol. The zero-order valence-electron chi connectivity index (χ0n) is 31.9. The highest BCUT2D eigenvalue weighted by Gasteiger charge is 2.23. The van der Waals surface area contributed by atoms with Crippen molar-refractivity contribution in [2.75, 3.05) is 13.2 Å². The van der Waals surface area contributed by atoms with Gasteiger partial charge in [0.1, 0.15) is 12.7 Å². The summed E-state index contributed by atoms with van der Waals surface area (Å²) < 4.78 is 16.0. The second-order valence-electron chi connectivity index (χ2n) is 13.9. The van der Waals surface area contributed by atoms with Crippen LogP contribution in [0, 0.1) is 11.8 Å². The van der Waals surface area contributed by atoms with E-state index in [1.807, 2.05) is 0 Å². The summed E-state index contributed by atoms with van der Waals surface area (Å²) >= 11 is 0. The molecule has 0 saturated carbocycles. The number of carboxylic acid groups (broad SMARTS) is 2. The molecule has 50 heavy (non-hydrogen) atoms. The van der Waals surface area contributed by atoms with Gasteiger partial charge in [-0.2, -0.15) is 0 Å². The normalized spacial score (nSPS) is 12.9. The molecule has 0 heterocycles. The Bertz CT molecular complexity index is 889. The second-order valence-corrected chi connectivity index (χ2v) is 13.9. The molecule has 0 aliphatic rings. The van der Waals surface area contributed by atoms with Crippen molar-refractivity contribution >= 4 is 29.8 Å². The van der Waals surface area contributed by atoms with Crippen molar-refractivity contribution in [2.45, 2.75) is 200 Å². The average molecular weight is 713 g/mol. The van der Waals surface area contributed by atoms with E-state index in [0.29, 0.717) is 32.3 Å². The highest BCUT2D eigenvalue weighted by molar-refractivity contribution is 5.70. The summed E-state index contributed by atoms with van der Waals surface area (Å²) in [4.78, 5) is 57.9. The number of esters is 3. The molecule has 0 aliphatic carbocycles. The largest absolute Gasteiger partial charge is 0.481 e. The number of hydrogen-bond donors (Lipinski definition) is 2. The average Bonchev–Trinajstić information content (AvgIpc) is 3.09. The third-order valence-electron chi connectivity index (χ3n) is 9.50. The quantitative estimate of drug-likeness (QED) is 0.0364. The number of carboxylic acids is 2. The predicted molar refractivity (Wildman–Crippen MR) is 196 cm³/mol. The van der Waals surface area contributed by atoms with Gasteiger partial charge in [0.15, 0.2) is 0 Å². The summed E-state index contributed by atoms with van der Waals surface area (Å²) in [6.45, 7) is 6.20. The van der Waals surface area contributed by atoms with Crippen molar-refractivity contribution in [3.05, 3.63) is 0 Å². The van der Waals surface area contributed by atoms with Gasteiger partial charge in [0, 0.05) is 32.1 Å². The highest BCUT2D eigenvalue weighted by Crippen LogP contribution is 2.32. The molecule has 292 valence electrons. The fraction of sp³-hybridized carbons (Fsp3) is 0.875. The maximum atomic E-state index is 12.1. The maximum Gasteiger partial charge on any atom is 0.305 e. The van der Waals surface area contributed by atoms with Gasteiger partial charge in [-0.3, -0.25) is 24.0 Å². The van der Waals surface area contributed by atoms with Gasteiger partial charge < -0.3 is 24.4 Å². The van der Waals surface area contributed by atoms with Gasteiger partial charge in [0.05, 0.1) is 6.61 Å². The first-order chi connectivity index (χ1) is 24.1. The van der Waals surface area contributed by atoms with Crippen LogP contribution in [-0.2, 0) is 38.2 Å². The molecular formula is C40H72O10. The summed E-state index contributed by atoms with van der Waals surface area (Å²) in [6.07, 6.45) is 22.5. The van der Waals surface area contributed by atoms with Crippen molar-refractivity contribution < 1.29 is 48.4 Å². The number of hydrogen-bond acceptors (Lipinski definition) is 8. The van der Waals surface area contributed by atoms with E-state index in [1.165, 1.54) is 25.7 Å². The lowest BCUT2D eigenvalue weighted by molar-refractivity contribution is -0.159. The first-order valence-electron chi connectivity index (χ1n) is 20.1. The van der Waals surface area contributed by atoms with Crippen LogP contribution in [0.3, 0.4) is 0 Å². The van der Waals surface area contributed by atoms with Gasteiger partial charge in [0.25, 0.3) is 0 Å². The Morgan fingerprint density at radius 2 is 0.920 bits per heavy atom. The molecule has 0 bridgehead atoms. The first-order valence-corrected chi connectivity index (χ1v) is 20.1. The smallest absolute Gasteiger partial charge is 0.305 e. The van der Waals surface area contributed by atoms with Crippen LogP contribution in [0.15, 0.2) is 0 Å². The number of unbranched alkanes of at least 4 members (excludes halogenated alkanes) is 14. The minimum atomic E-state index is -0.782. The number of rotatable bonds is 36. The number of carbonyl (C=O) groups is 5. The third kappa shape index (κ3) is 30.2. The van der Waals surface area contributed by atoms with Gasteiger partial charge in [0.2, 0.25) is 0 Å². The fourth-order valence-corrected chi connectivity index (χ4v) is 6.42. The van der Waals surface area contributed by atoms with Crippen molar-refractivity contribution in [3.63, 3.8) is 0 Å². The molecule has 3 unspecified atom stereocenters. The molecule has 0 radical (unpaired) electrons. The van der Waals surface area contributed by atoms with Crippen LogP contribution in [0.4, 0.5) is 0 Å². The highest BCUT2D eigenvalue weighted by atomic mass is 16.6. The van der Waals surface area contributed by atoms with Crippen molar-refractivity contribution in [3.8, 4) is 0 Å². The SMILES string of the molecule is CCCCCCCCC(CCC(=O)O)C(CCCCCCCCOC(=O)CCCCCCCC(COC(=O)CC)OC(=O)CC)CCC(=O)O. The molecule has 10 nitrogen and oxygen atoms in total. The molecular weight excluding hydrogens is 640 g/mol. The minimum Gasteiger partial charge on any atom is -0.481 e. The molecule has 0 rings (SSSR count). The fourth-order valence-electron chi connectivity index (χ4n) is 6.42. The molecule has 0 aromatic heterocycles. The Morgan fingerprint density at radius 1 is 0.460 bits per heavy atom. The zero-order chi connectivity index (χ0) is 37.2. The Morgan fingerprint density at radius 3 is 1.42 bits per heavy atom. The van der Waals surface area contributed by atoms with E-state index in [0.717, 1.165) is 96.3 Å². The van der Waals surface area contributed by atoms with E-state index in [2.05, 4.69) is 6.92 Å². The van der Waals surface area contributed by atoms with E-state index in [1.54, 1.807) is 13.8 Å². The zero-order valence-corrected chi connectivity index (χ0v) is 31.9. The molecule has 3 atom stereocenters. The van der Waals surface area contributed by atoms with Crippen LogP contribution in [0.1, 0.15) is 194 Å². The second kappa shape index (κ2) is 33.5. The van der Waals surface area contributed by atoms with Gasteiger partial charge in [-0.1, -0.05) is 124 Å². The van der Waals surface area contributed by atoms with Crippen LogP contribution in [0.2, 0.25) is 0 Å². The van der Waals surface area contributed by atoms with Crippen LogP contribution < -0.4 is 0 Å². The molecule has 0 aromatic carbocycles. The number of ether oxygens (including phenoxy) is 3. The molecule has 2 N–H and O–H groups in total. The van der Waals surface area contributed by atoms with Gasteiger partial charge in [-0.25, -0.2) is 0 Å². The van der Waals surface area contributed by atoms with E-state index >= 15 is 0 Å². The summed E-state index contributed by atoms with van der Waals surface area (Å²) in [5.74, 6) is -1.78. The van der Waals surface area contributed by atoms with Crippen LogP contribution in [0.5, 0.6) is 0 Å². The number of carbonyl (C=O) groups excluding carboxylic acids is 3. The molecule has 0 amide bonds. The summed E-state index contributed by atoms with van der Waals surface area (Å²) in [7, 11) is 0. The van der Waals surface area contributed by atoms with Crippen LogP contribution in [0.25, 0.3) is 0 Å². The lowest BCUT2D eigenvalue weighted by Crippen LogP contribution is -2.25. The minimum absolute atomic E-state index is 0.0955. The topological polar surface area (TPSA) is 154 Å². The van der Waals surface area contributed by atoms with E-state index in [4.69, 9.17) is 14.2 Å². The Labute approximate surface area is 303 Å². The van der Waals surface area contributed by atoms with Crippen LogP contribution >= 0.6 is 0 Å². The van der Waals surface area contributed by atoms with Crippen molar-refractivity contribution in [2.24, 2.45) is 11.8 Å². The molecule has 0 aromatic rings. The Hall–Kier alpha value is -2.65. The standard InChI is InChI=1S/C40H72O10/c1-4-7-8-9-13-18-23-33(27-29-36(41)42)34(28-30-37(43)44)24-19-14-10-11-17-22-31-48-40(47)26-21-16-12-15-20-25-35(50-39(46)6-3)32-49-38(45)5-2/h33-35H,4-32H2,1-3H3,(H,41,42)(H,43,44). The van der Waals surface area contributed by atoms with Crippen molar-refractivity contribution in [1.29, 1.82) is 0 Å². The molecule has 0 saturated heterocycles. The summed E-state index contributed by atoms with van der Waals surface area (Å²) in [6, 6.07) is 0. The Balaban J connectivity index is 4.16. The van der Waals surface area contributed by atoms with E-state index in [-0.39, 0.29) is 62.0 Å². The Kier molecular flexibility index (Phi) is 31.7. The predicted octanol–water partition coefficient (Wildman–Crippen LogP) is 9.98. The first kappa shape index (κ1) is 47.4. The summed E-state index contributed by atoms with van der Waals surface area (Å²) in [5, 5.41) is 18.6. The molecule has 0 aliphatic heterocycles. The van der Waals surface area contributed by atoms with Gasteiger partial charge in [-0.05, 0) is 50.4 Å². The van der Waals surface area contributed by atoms with Crippen molar-refractivity contribution in [1.82, 2.24) is 0 Å². The van der Waals surface area contributed by atoms with E-state index < -0.39 is 18.0 Å². The molecule has 0 fully saturated rings. The lowest BCUT2D eigenvalue weighted by Gasteiger charge is -2.27. The van der Waals surface area contributed by atoms with Gasteiger partial charge in [-0.15, -0.1) is 0 Å². The third-order valence-corrected chi connectivity index (χ3v) is 9.50. The number of aliphatic carboxylic acids is 2. The van der Waals surface area contributed by atoms with E-state index in [9.17, 15) is 34.2 Å². The van der Waals surface area contributed by atoms with Gasteiger partial charge >= 0.3 is 29.8 Å². The molecule has 0 spiro atoms. The molecule has 10 heteroatoms.